The summed E-state index contributed by atoms with van der Waals surface area (Å²) in [6.45, 7) is 9.08. The van der Waals surface area contributed by atoms with Crippen molar-refractivity contribution < 1.29 is 0 Å². The third kappa shape index (κ3) is 3.91. The highest BCUT2D eigenvalue weighted by Crippen LogP contribution is 2.27. The SMILES string of the molecule is CCCc1nc(Br)cc(N2CCC(C(C)C)CC2)n1. The highest BCUT2D eigenvalue weighted by molar-refractivity contribution is 9.10. The van der Waals surface area contributed by atoms with Crippen molar-refractivity contribution in [2.24, 2.45) is 11.8 Å². The molecule has 1 aromatic heterocycles. The number of piperidine rings is 1. The third-order valence-electron chi connectivity index (χ3n) is 4.01. The molecule has 0 atom stereocenters. The normalized spacial score (nSPS) is 17.2. The van der Waals surface area contributed by atoms with E-state index in [1.54, 1.807) is 0 Å². The van der Waals surface area contributed by atoms with Crippen LogP contribution in [-0.4, -0.2) is 23.1 Å². The molecular weight excluding hydrogens is 302 g/mol. The first kappa shape index (κ1) is 14.8. The number of aromatic nitrogens is 2. The maximum Gasteiger partial charge on any atom is 0.133 e. The first-order chi connectivity index (χ1) is 9.10. The Bertz CT molecular complexity index is 412. The quantitative estimate of drug-likeness (QED) is 0.781. The summed E-state index contributed by atoms with van der Waals surface area (Å²) in [5.41, 5.74) is 0. The van der Waals surface area contributed by atoms with Crippen LogP contribution >= 0.6 is 15.9 Å². The largest absolute Gasteiger partial charge is 0.356 e. The van der Waals surface area contributed by atoms with Crippen molar-refractivity contribution in [2.75, 3.05) is 18.0 Å². The summed E-state index contributed by atoms with van der Waals surface area (Å²) in [6.07, 6.45) is 4.60. The van der Waals surface area contributed by atoms with E-state index in [2.05, 4.69) is 52.7 Å². The molecule has 1 saturated heterocycles. The van der Waals surface area contributed by atoms with E-state index < -0.39 is 0 Å². The van der Waals surface area contributed by atoms with Crippen molar-refractivity contribution in [1.82, 2.24) is 9.97 Å². The third-order valence-corrected chi connectivity index (χ3v) is 4.41. The van der Waals surface area contributed by atoms with Gasteiger partial charge in [-0.1, -0.05) is 20.8 Å². The molecule has 2 heterocycles. The minimum absolute atomic E-state index is 0.801. The van der Waals surface area contributed by atoms with Crippen molar-refractivity contribution in [3.8, 4) is 0 Å². The van der Waals surface area contributed by atoms with Crippen molar-refractivity contribution >= 4 is 21.7 Å². The molecule has 1 fully saturated rings. The summed E-state index contributed by atoms with van der Waals surface area (Å²) in [4.78, 5) is 11.5. The van der Waals surface area contributed by atoms with E-state index in [1.807, 2.05) is 0 Å². The van der Waals surface area contributed by atoms with Gasteiger partial charge in [0.15, 0.2) is 0 Å². The molecule has 1 aromatic rings. The molecule has 0 amide bonds. The fourth-order valence-electron chi connectivity index (χ4n) is 2.74. The van der Waals surface area contributed by atoms with Crippen LogP contribution in [-0.2, 0) is 6.42 Å². The van der Waals surface area contributed by atoms with Gasteiger partial charge in [-0.05, 0) is 47.0 Å². The zero-order chi connectivity index (χ0) is 13.8. The van der Waals surface area contributed by atoms with Crippen molar-refractivity contribution in [3.05, 3.63) is 16.5 Å². The van der Waals surface area contributed by atoms with Gasteiger partial charge in [0.1, 0.15) is 16.2 Å². The molecular formula is C15H24BrN3. The molecule has 19 heavy (non-hydrogen) atoms. The van der Waals surface area contributed by atoms with Gasteiger partial charge in [0.2, 0.25) is 0 Å². The van der Waals surface area contributed by atoms with Crippen molar-refractivity contribution in [1.29, 1.82) is 0 Å². The smallest absolute Gasteiger partial charge is 0.133 e. The Kier molecular flexibility index (Phi) is 5.20. The van der Waals surface area contributed by atoms with Gasteiger partial charge in [0.25, 0.3) is 0 Å². The highest BCUT2D eigenvalue weighted by atomic mass is 79.9. The monoisotopic (exact) mass is 325 g/mol. The number of hydrogen-bond acceptors (Lipinski definition) is 3. The second-order valence-electron chi connectivity index (χ2n) is 5.78. The summed E-state index contributed by atoms with van der Waals surface area (Å²) in [5, 5.41) is 0. The van der Waals surface area contributed by atoms with Crippen molar-refractivity contribution in [3.63, 3.8) is 0 Å². The molecule has 0 radical (unpaired) electrons. The summed E-state index contributed by atoms with van der Waals surface area (Å²) in [7, 11) is 0. The van der Waals surface area contributed by atoms with E-state index in [-0.39, 0.29) is 0 Å². The molecule has 0 saturated carbocycles. The first-order valence-electron chi connectivity index (χ1n) is 7.38. The molecule has 0 aromatic carbocycles. The van der Waals surface area contributed by atoms with Crippen LogP contribution in [0.25, 0.3) is 0 Å². The Hall–Kier alpha value is -0.640. The summed E-state index contributed by atoms with van der Waals surface area (Å²) in [6, 6.07) is 2.05. The number of hydrogen-bond donors (Lipinski definition) is 0. The molecule has 3 nitrogen and oxygen atoms in total. The van der Waals surface area contributed by atoms with Crippen LogP contribution in [0.4, 0.5) is 5.82 Å². The number of rotatable bonds is 4. The van der Waals surface area contributed by atoms with E-state index in [4.69, 9.17) is 4.98 Å². The van der Waals surface area contributed by atoms with Crippen LogP contribution in [0, 0.1) is 11.8 Å². The van der Waals surface area contributed by atoms with Crippen LogP contribution in [0.3, 0.4) is 0 Å². The van der Waals surface area contributed by atoms with Gasteiger partial charge >= 0.3 is 0 Å². The highest BCUT2D eigenvalue weighted by Gasteiger charge is 2.22. The van der Waals surface area contributed by atoms with Gasteiger partial charge in [-0.2, -0.15) is 0 Å². The second kappa shape index (κ2) is 6.69. The molecule has 4 heteroatoms. The molecule has 1 aliphatic heterocycles. The van der Waals surface area contributed by atoms with E-state index >= 15 is 0 Å². The minimum atomic E-state index is 0.801. The van der Waals surface area contributed by atoms with Crippen LogP contribution < -0.4 is 4.90 Å². The average molecular weight is 326 g/mol. The number of halogens is 1. The van der Waals surface area contributed by atoms with Crippen LogP contribution in [0.2, 0.25) is 0 Å². The summed E-state index contributed by atoms with van der Waals surface area (Å²) in [5.74, 6) is 3.72. The summed E-state index contributed by atoms with van der Waals surface area (Å²) >= 11 is 3.51. The Balaban J connectivity index is 2.06. The van der Waals surface area contributed by atoms with Gasteiger partial charge in [0, 0.05) is 25.6 Å². The molecule has 0 unspecified atom stereocenters. The maximum absolute atomic E-state index is 4.70. The molecule has 106 valence electrons. The van der Waals surface area contributed by atoms with Gasteiger partial charge in [-0.15, -0.1) is 0 Å². The van der Waals surface area contributed by atoms with Gasteiger partial charge in [-0.3, -0.25) is 0 Å². The van der Waals surface area contributed by atoms with Gasteiger partial charge < -0.3 is 4.90 Å². The first-order valence-corrected chi connectivity index (χ1v) is 8.18. The Morgan fingerprint density at radius 2 is 2.00 bits per heavy atom. The molecule has 1 aliphatic rings. The lowest BCUT2D eigenvalue weighted by atomic mass is 9.87. The van der Waals surface area contributed by atoms with E-state index in [0.29, 0.717) is 0 Å². The van der Waals surface area contributed by atoms with Crippen molar-refractivity contribution in [2.45, 2.75) is 46.5 Å². The molecule has 2 rings (SSSR count). The number of aryl methyl sites for hydroxylation is 1. The van der Waals surface area contributed by atoms with Crippen LogP contribution in [0.15, 0.2) is 10.7 Å². The Labute approximate surface area is 125 Å². The fourth-order valence-corrected chi connectivity index (χ4v) is 3.15. The lowest BCUT2D eigenvalue weighted by Gasteiger charge is -2.34. The Morgan fingerprint density at radius 1 is 1.32 bits per heavy atom. The lowest BCUT2D eigenvalue weighted by molar-refractivity contribution is 0.310. The average Bonchev–Trinajstić information content (AvgIpc) is 2.38. The second-order valence-corrected chi connectivity index (χ2v) is 6.60. The maximum atomic E-state index is 4.70. The number of nitrogens with zero attached hydrogens (tertiary/aromatic N) is 3. The van der Waals surface area contributed by atoms with Crippen LogP contribution in [0.5, 0.6) is 0 Å². The molecule has 0 aliphatic carbocycles. The number of anilines is 1. The standard InChI is InChI=1S/C15H24BrN3/c1-4-5-14-17-13(16)10-15(18-14)19-8-6-12(7-9-19)11(2)3/h10-12H,4-9H2,1-3H3. The molecule has 0 bridgehead atoms. The van der Waals surface area contributed by atoms with Gasteiger partial charge in [0.05, 0.1) is 0 Å². The zero-order valence-corrected chi connectivity index (χ0v) is 13.8. The topological polar surface area (TPSA) is 29.0 Å². The predicted octanol–water partition coefficient (Wildman–Crippen LogP) is 4.06. The fraction of sp³-hybridized carbons (Fsp3) is 0.733. The van der Waals surface area contributed by atoms with Crippen LogP contribution in [0.1, 0.15) is 45.9 Å². The predicted molar refractivity (Wildman–Crippen MR) is 83.5 cm³/mol. The molecule has 0 spiro atoms. The van der Waals surface area contributed by atoms with E-state index in [0.717, 1.165) is 54.0 Å². The Morgan fingerprint density at radius 3 is 2.58 bits per heavy atom. The molecule has 0 N–H and O–H groups in total. The minimum Gasteiger partial charge on any atom is -0.356 e. The van der Waals surface area contributed by atoms with Gasteiger partial charge in [-0.25, -0.2) is 9.97 Å². The van der Waals surface area contributed by atoms with E-state index in [9.17, 15) is 0 Å². The summed E-state index contributed by atoms with van der Waals surface area (Å²) < 4.78 is 0.909. The zero-order valence-electron chi connectivity index (χ0n) is 12.2. The lowest BCUT2D eigenvalue weighted by Crippen LogP contribution is -2.35. The van der Waals surface area contributed by atoms with E-state index in [1.165, 1.54) is 12.8 Å².